The van der Waals surface area contributed by atoms with E-state index in [-0.39, 0.29) is 24.6 Å². The van der Waals surface area contributed by atoms with Gasteiger partial charge in [-0.1, -0.05) is 6.07 Å². The summed E-state index contributed by atoms with van der Waals surface area (Å²) in [7, 11) is 0. The number of amides is 1. The highest BCUT2D eigenvalue weighted by molar-refractivity contribution is 5.95. The number of nitrogens with zero attached hydrogens (tertiary/aromatic N) is 1. The van der Waals surface area contributed by atoms with Crippen LogP contribution >= 0.6 is 0 Å². The highest BCUT2D eigenvalue weighted by Crippen LogP contribution is 2.26. The Labute approximate surface area is 121 Å². The molecule has 1 aromatic carbocycles. The largest absolute Gasteiger partial charge is 0.481 e. The minimum Gasteiger partial charge on any atom is -0.481 e. The maximum absolute atomic E-state index is 14.0. The Morgan fingerprint density at radius 1 is 1.33 bits per heavy atom. The fourth-order valence-electron chi connectivity index (χ4n) is 2.69. The zero-order valence-electron chi connectivity index (χ0n) is 11.9. The maximum Gasteiger partial charge on any atom is 0.306 e. The fourth-order valence-corrected chi connectivity index (χ4v) is 2.69. The third-order valence-electron chi connectivity index (χ3n) is 3.98. The monoisotopic (exact) mass is 297 g/mol. The van der Waals surface area contributed by atoms with Crippen LogP contribution in [0.15, 0.2) is 12.1 Å². The SMILES string of the molecule is Cc1ccc(F)c(C(=O)N2CCC(C(=O)O)CC2C)c1F. The molecule has 1 saturated heterocycles. The molecule has 2 unspecified atom stereocenters. The van der Waals surface area contributed by atoms with Gasteiger partial charge in [-0.2, -0.15) is 0 Å². The molecule has 2 rings (SSSR count). The van der Waals surface area contributed by atoms with Crippen LogP contribution in [0.25, 0.3) is 0 Å². The number of benzene rings is 1. The Morgan fingerprint density at radius 2 is 2.00 bits per heavy atom. The van der Waals surface area contributed by atoms with Crippen molar-refractivity contribution in [3.8, 4) is 0 Å². The van der Waals surface area contributed by atoms with Crippen molar-refractivity contribution in [1.29, 1.82) is 0 Å². The van der Waals surface area contributed by atoms with Gasteiger partial charge in [0.25, 0.3) is 5.91 Å². The van der Waals surface area contributed by atoms with Gasteiger partial charge in [-0.15, -0.1) is 0 Å². The summed E-state index contributed by atoms with van der Waals surface area (Å²) in [6, 6.07) is 1.98. The lowest BCUT2D eigenvalue weighted by atomic mass is 9.91. The highest BCUT2D eigenvalue weighted by Gasteiger charge is 2.34. The van der Waals surface area contributed by atoms with Gasteiger partial charge in [-0.3, -0.25) is 9.59 Å². The van der Waals surface area contributed by atoms with E-state index in [4.69, 9.17) is 5.11 Å². The van der Waals surface area contributed by atoms with Crippen molar-refractivity contribution in [3.63, 3.8) is 0 Å². The standard InChI is InChI=1S/C15H17F2NO3/c1-8-3-4-11(16)12(13(8)17)14(19)18-6-5-10(15(20)21)7-9(18)2/h3-4,9-10H,5-7H2,1-2H3,(H,20,21). The van der Waals surface area contributed by atoms with Gasteiger partial charge >= 0.3 is 5.97 Å². The number of rotatable bonds is 2. The van der Waals surface area contributed by atoms with Crippen molar-refractivity contribution in [2.24, 2.45) is 5.92 Å². The molecule has 6 heteroatoms. The van der Waals surface area contributed by atoms with Gasteiger partial charge < -0.3 is 10.0 Å². The van der Waals surface area contributed by atoms with Crippen LogP contribution in [0.1, 0.15) is 35.7 Å². The maximum atomic E-state index is 14.0. The topological polar surface area (TPSA) is 57.6 Å². The third-order valence-corrected chi connectivity index (χ3v) is 3.98. The van der Waals surface area contributed by atoms with Crippen molar-refractivity contribution in [2.75, 3.05) is 6.54 Å². The molecular weight excluding hydrogens is 280 g/mol. The molecule has 0 saturated carbocycles. The van der Waals surface area contributed by atoms with Gasteiger partial charge in [0.15, 0.2) is 0 Å². The second-order valence-corrected chi connectivity index (χ2v) is 5.46. The van der Waals surface area contributed by atoms with Crippen LogP contribution in [0.2, 0.25) is 0 Å². The number of carbonyl (C=O) groups is 2. The van der Waals surface area contributed by atoms with Crippen LogP contribution in [0.5, 0.6) is 0 Å². The Morgan fingerprint density at radius 3 is 2.57 bits per heavy atom. The van der Waals surface area contributed by atoms with Crippen molar-refractivity contribution in [3.05, 3.63) is 34.9 Å². The molecule has 114 valence electrons. The number of hydrogen-bond donors (Lipinski definition) is 1. The van der Waals surface area contributed by atoms with Crippen LogP contribution < -0.4 is 0 Å². The van der Waals surface area contributed by atoms with E-state index in [9.17, 15) is 18.4 Å². The first-order valence-corrected chi connectivity index (χ1v) is 6.81. The van der Waals surface area contributed by atoms with Crippen LogP contribution in [-0.4, -0.2) is 34.5 Å². The molecule has 1 fully saturated rings. The number of aryl methyl sites for hydroxylation is 1. The number of carboxylic acid groups (broad SMARTS) is 1. The minimum absolute atomic E-state index is 0.184. The molecule has 0 radical (unpaired) electrons. The zero-order chi connectivity index (χ0) is 15.7. The molecular formula is C15H17F2NO3. The van der Waals surface area contributed by atoms with Crippen molar-refractivity contribution < 1.29 is 23.5 Å². The predicted octanol–water partition coefficient (Wildman–Crippen LogP) is 2.60. The quantitative estimate of drug-likeness (QED) is 0.913. The van der Waals surface area contributed by atoms with Gasteiger partial charge in [0.2, 0.25) is 0 Å². The summed E-state index contributed by atoms with van der Waals surface area (Å²) < 4.78 is 27.8. The van der Waals surface area contributed by atoms with E-state index in [0.29, 0.717) is 6.42 Å². The lowest BCUT2D eigenvalue weighted by Gasteiger charge is -2.36. The summed E-state index contributed by atoms with van der Waals surface area (Å²) in [6.45, 7) is 3.34. The van der Waals surface area contributed by atoms with E-state index in [1.165, 1.54) is 17.9 Å². The Bertz CT molecular complexity index is 589. The highest BCUT2D eigenvalue weighted by atomic mass is 19.1. The van der Waals surface area contributed by atoms with E-state index in [1.807, 2.05) is 0 Å². The summed E-state index contributed by atoms with van der Waals surface area (Å²) in [5, 5.41) is 9.00. The van der Waals surface area contributed by atoms with Gasteiger partial charge in [0, 0.05) is 12.6 Å². The number of hydrogen-bond acceptors (Lipinski definition) is 2. The average Bonchev–Trinajstić information content (AvgIpc) is 2.43. The van der Waals surface area contributed by atoms with Gasteiger partial charge in [-0.05, 0) is 38.3 Å². The Balaban J connectivity index is 2.26. The zero-order valence-corrected chi connectivity index (χ0v) is 11.9. The molecule has 1 aliphatic heterocycles. The lowest BCUT2D eigenvalue weighted by molar-refractivity contribution is -0.143. The van der Waals surface area contributed by atoms with E-state index in [2.05, 4.69) is 0 Å². The second-order valence-electron chi connectivity index (χ2n) is 5.46. The number of carbonyl (C=O) groups excluding carboxylic acids is 1. The first-order chi connectivity index (χ1) is 9.82. The molecule has 0 bridgehead atoms. The Hall–Kier alpha value is -1.98. The van der Waals surface area contributed by atoms with Crippen molar-refractivity contribution in [1.82, 2.24) is 4.90 Å². The first-order valence-electron chi connectivity index (χ1n) is 6.81. The lowest BCUT2D eigenvalue weighted by Crippen LogP contribution is -2.46. The minimum atomic E-state index is -0.901. The average molecular weight is 297 g/mol. The molecule has 0 aromatic heterocycles. The van der Waals surface area contributed by atoms with E-state index >= 15 is 0 Å². The van der Waals surface area contributed by atoms with Crippen LogP contribution in [0.4, 0.5) is 8.78 Å². The number of carboxylic acids is 1. The van der Waals surface area contributed by atoms with Gasteiger partial charge in [-0.25, -0.2) is 8.78 Å². The molecule has 1 heterocycles. The predicted molar refractivity (Wildman–Crippen MR) is 72.0 cm³/mol. The molecule has 21 heavy (non-hydrogen) atoms. The molecule has 2 atom stereocenters. The van der Waals surface area contributed by atoms with E-state index in [0.717, 1.165) is 6.07 Å². The molecule has 1 amide bonds. The third kappa shape index (κ3) is 2.89. The number of likely N-dealkylation sites (tertiary alicyclic amines) is 1. The number of halogens is 2. The summed E-state index contributed by atoms with van der Waals surface area (Å²) in [5.74, 6) is -3.88. The summed E-state index contributed by atoms with van der Waals surface area (Å²) >= 11 is 0. The smallest absolute Gasteiger partial charge is 0.306 e. The second kappa shape index (κ2) is 5.79. The molecule has 1 N–H and O–H groups in total. The van der Waals surface area contributed by atoms with Crippen molar-refractivity contribution >= 4 is 11.9 Å². The van der Waals surface area contributed by atoms with E-state index in [1.54, 1.807) is 6.92 Å². The normalized spacial score (nSPS) is 22.2. The van der Waals surface area contributed by atoms with Crippen LogP contribution in [0.3, 0.4) is 0 Å². The summed E-state index contributed by atoms with van der Waals surface area (Å²) in [5.41, 5.74) is -0.358. The molecule has 0 aliphatic carbocycles. The van der Waals surface area contributed by atoms with Crippen LogP contribution in [0, 0.1) is 24.5 Å². The van der Waals surface area contributed by atoms with Gasteiger partial charge in [0.1, 0.15) is 17.2 Å². The van der Waals surface area contributed by atoms with E-state index < -0.39 is 35.0 Å². The number of aliphatic carboxylic acids is 1. The van der Waals surface area contributed by atoms with Crippen LogP contribution in [-0.2, 0) is 4.79 Å². The number of piperidine rings is 1. The Kier molecular flexibility index (Phi) is 4.25. The molecule has 4 nitrogen and oxygen atoms in total. The summed E-state index contributed by atoms with van der Waals surface area (Å²) in [4.78, 5) is 24.7. The molecule has 0 spiro atoms. The molecule has 1 aromatic rings. The first kappa shape index (κ1) is 15.4. The van der Waals surface area contributed by atoms with Gasteiger partial charge in [0.05, 0.1) is 5.92 Å². The fraction of sp³-hybridized carbons (Fsp3) is 0.467. The molecule has 1 aliphatic rings. The summed E-state index contributed by atoms with van der Waals surface area (Å²) in [6.07, 6.45) is 0.580. The van der Waals surface area contributed by atoms with Crippen molar-refractivity contribution in [2.45, 2.75) is 32.7 Å².